The number of carbonyl (C=O) groups excluding carboxylic acids is 2. The van der Waals surface area contributed by atoms with Crippen molar-refractivity contribution in [2.24, 2.45) is 11.3 Å². The number of fused-ring (bicyclic) bond motifs is 1. The van der Waals surface area contributed by atoms with E-state index >= 15 is 0 Å². The molecule has 0 unspecified atom stereocenters. The van der Waals surface area contributed by atoms with Crippen molar-refractivity contribution >= 4 is 11.8 Å². The van der Waals surface area contributed by atoms with Crippen LogP contribution in [0.25, 0.3) is 0 Å². The fourth-order valence-corrected chi connectivity index (χ4v) is 4.55. The van der Waals surface area contributed by atoms with Crippen molar-refractivity contribution in [3.8, 4) is 0 Å². The highest BCUT2D eigenvalue weighted by Gasteiger charge is 2.50. The maximum Gasteiger partial charge on any atom is 0.222 e. The summed E-state index contributed by atoms with van der Waals surface area (Å²) in [5.41, 5.74) is 1.29. The highest BCUT2D eigenvalue weighted by atomic mass is 16.5. The maximum absolute atomic E-state index is 12.8. The van der Waals surface area contributed by atoms with Crippen LogP contribution in [0.15, 0.2) is 30.3 Å². The molecule has 5 nitrogen and oxygen atoms in total. The molecule has 0 saturated carbocycles. The summed E-state index contributed by atoms with van der Waals surface area (Å²) < 4.78 is 5.80. The zero-order valence-corrected chi connectivity index (χ0v) is 16.7. The third-order valence-corrected chi connectivity index (χ3v) is 6.22. The Labute approximate surface area is 162 Å². The molecule has 2 saturated heterocycles. The van der Waals surface area contributed by atoms with Gasteiger partial charge in [-0.15, -0.1) is 0 Å². The first-order chi connectivity index (χ1) is 13.0. The van der Waals surface area contributed by atoms with E-state index in [0.717, 1.165) is 45.4 Å². The summed E-state index contributed by atoms with van der Waals surface area (Å²) in [6, 6.07) is 10.3. The van der Waals surface area contributed by atoms with E-state index in [1.54, 1.807) is 6.92 Å². The summed E-state index contributed by atoms with van der Waals surface area (Å²) in [7, 11) is 0. The highest BCUT2D eigenvalue weighted by molar-refractivity contribution is 5.77. The van der Waals surface area contributed by atoms with Gasteiger partial charge >= 0.3 is 0 Å². The lowest BCUT2D eigenvalue weighted by molar-refractivity contribution is -0.134. The molecule has 2 aliphatic heterocycles. The summed E-state index contributed by atoms with van der Waals surface area (Å²) in [5, 5.41) is 0. The third kappa shape index (κ3) is 4.70. The van der Waals surface area contributed by atoms with Gasteiger partial charge in [0.25, 0.3) is 0 Å². The Morgan fingerprint density at radius 3 is 2.63 bits per heavy atom. The lowest BCUT2D eigenvalue weighted by Crippen LogP contribution is -2.50. The van der Waals surface area contributed by atoms with E-state index in [0.29, 0.717) is 25.6 Å². The van der Waals surface area contributed by atoms with E-state index in [9.17, 15) is 9.59 Å². The van der Waals surface area contributed by atoms with Gasteiger partial charge in [0.2, 0.25) is 11.8 Å². The van der Waals surface area contributed by atoms with Crippen molar-refractivity contribution in [2.75, 3.05) is 39.4 Å². The lowest BCUT2D eigenvalue weighted by Gasteiger charge is -2.42. The van der Waals surface area contributed by atoms with Crippen molar-refractivity contribution in [3.63, 3.8) is 0 Å². The quantitative estimate of drug-likeness (QED) is 0.739. The first kappa shape index (κ1) is 19.9. The molecule has 3 rings (SSSR count). The fourth-order valence-electron chi connectivity index (χ4n) is 4.55. The predicted molar refractivity (Wildman–Crippen MR) is 105 cm³/mol. The minimum absolute atomic E-state index is 0.0110. The van der Waals surface area contributed by atoms with Crippen LogP contribution in [-0.4, -0.2) is 61.0 Å². The molecule has 1 aromatic carbocycles. The van der Waals surface area contributed by atoms with Crippen LogP contribution in [0, 0.1) is 11.3 Å². The number of ether oxygens (including phenoxy) is 1. The molecule has 1 aromatic rings. The Morgan fingerprint density at radius 2 is 1.93 bits per heavy atom. The average molecular weight is 373 g/mol. The van der Waals surface area contributed by atoms with Gasteiger partial charge in [-0.1, -0.05) is 30.3 Å². The van der Waals surface area contributed by atoms with E-state index in [1.807, 2.05) is 34.9 Å². The molecule has 0 aromatic heterocycles. The Kier molecular flexibility index (Phi) is 6.53. The molecule has 2 atom stereocenters. The van der Waals surface area contributed by atoms with Gasteiger partial charge in [0.15, 0.2) is 0 Å². The number of rotatable bonds is 7. The molecule has 0 radical (unpaired) electrons. The van der Waals surface area contributed by atoms with Crippen LogP contribution in [-0.2, 0) is 20.7 Å². The summed E-state index contributed by atoms with van der Waals surface area (Å²) in [6.45, 7) is 8.07. The van der Waals surface area contributed by atoms with Crippen LogP contribution in [0.1, 0.15) is 38.7 Å². The standard InChI is InChI=1S/C22H32N2O3/c1-3-27-17-22-12-13-23(18(2)25)14-20(22)15-24(16-22)21(26)11-7-10-19-8-5-4-6-9-19/h4-6,8-9,20H,3,7,10-17H2,1-2H3/t20-,22+/m1/s1. The van der Waals surface area contributed by atoms with Gasteiger partial charge in [0, 0.05) is 57.5 Å². The molecule has 2 heterocycles. The highest BCUT2D eigenvalue weighted by Crippen LogP contribution is 2.43. The second-order valence-electron chi connectivity index (χ2n) is 8.02. The van der Waals surface area contributed by atoms with Gasteiger partial charge < -0.3 is 14.5 Å². The molecule has 5 heteroatoms. The largest absolute Gasteiger partial charge is 0.381 e. The molecule has 0 N–H and O–H groups in total. The van der Waals surface area contributed by atoms with E-state index in [1.165, 1.54) is 5.56 Å². The first-order valence-electron chi connectivity index (χ1n) is 10.2. The topological polar surface area (TPSA) is 49.9 Å². The van der Waals surface area contributed by atoms with E-state index in [-0.39, 0.29) is 17.2 Å². The van der Waals surface area contributed by atoms with Crippen LogP contribution < -0.4 is 0 Å². The lowest BCUT2D eigenvalue weighted by atomic mass is 9.73. The number of benzene rings is 1. The molecule has 148 valence electrons. The summed E-state index contributed by atoms with van der Waals surface area (Å²) >= 11 is 0. The van der Waals surface area contributed by atoms with Gasteiger partial charge in [-0.05, 0) is 31.7 Å². The van der Waals surface area contributed by atoms with Crippen LogP contribution >= 0.6 is 0 Å². The maximum atomic E-state index is 12.8. The smallest absolute Gasteiger partial charge is 0.222 e. The number of carbonyl (C=O) groups is 2. The number of likely N-dealkylation sites (tertiary alicyclic amines) is 2. The third-order valence-electron chi connectivity index (χ3n) is 6.22. The summed E-state index contributed by atoms with van der Waals surface area (Å²) in [5.74, 6) is 0.693. The van der Waals surface area contributed by atoms with Gasteiger partial charge in [0.1, 0.15) is 0 Å². The van der Waals surface area contributed by atoms with Crippen LogP contribution in [0.4, 0.5) is 0 Å². The number of amides is 2. The summed E-state index contributed by atoms with van der Waals surface area (Å²) in [4.78, 5) is 28.6. The molecule has 27 heavy (non-hydrogen) atoms. The molecular formula is C22H32N2O3. The van der Waals surface area contributed by atoms with Crippen molar-refractivity contribution in [1.82, 2.24) is 9.80 Å². The van der Waals surface area contributed by atoms with Crippen LogP contribution in [0.5, 0.6) is 0 Å². The van der Waals surface area contributed by atoms with E-state index in [2.05, 4.69) is 12.1 Å². The van der Waals surface area contributed by atoms with Gasteiger partial charge in [-0.25, -0.2) is 0 Å². The molecule has 0 spiro atoms. The zero-order chi connectivity index (χ0) is 19.3. The first-order valence-corrected chi connectivity index (χ1v) is 10.2. The molecule has 2 aliphatic rings. The van der Waals surface area contributed by atoms with Crippen molar-refractivity contribution in [3.05, 3.63) is 35.9 Å². The van der Waals surface area contributed by atoms with Crippen LogP contribution in [0.2, 0.25) is 0 Å². The molecule has 0 bridgehead atoms. The Bertz CT molecular complexity index is 648. The Morgan fingerprint density at radius 1 is 1.19 bits per heavy atom. The molecular weight excluding hydrogens is 340 g/mol. The van der Waals surface area contributed by atoms with Crippen LogP contribution in [0.3, 0.4) is 0 Å². The predicted octanol–water partition coefficient (Wildman–Crippen LogP) is 2.74. The van der Waals surface area contributed by atoms with Crippen molar-refractivity contribution in [1.29, 1.82) is 0 Å². The number of hydrogen-bond acceptors (Lipinski definition) is 3. The monoisotopic (exact) mass is 372 g/mol. The number of hydrogen-bond donors (Lipinski definition) is 0. The van der Waals surface area contributed by atoms with Gasteiger partial charge in [-0.2, -0.15) is 0 Å². The zero-order valence-electron chi connectivity index (χ0n) is 16.7. The molecule has 2 fully saturated rings. The second kappa shape index (κ2) is 8.87. The minimum Gasteiger partial charge on any atom is -0.381 e. The fraction of sp³-hybridized carbons (Fsp3) is 0.636. The molecule has 2 amide bonds. The van der Waals surface area contributed by atoms with Crippen molar-refractivity contribution < 1.29 is 14.3 Å². The SMILES string of the molecule is CCOC[C@@]12CCN(C(C)=O)C[C@@H]1CN(C(=O)CCCc1ccccc1)C2. The number of aryl methyl sites for hydroxylation is 1. The minimum atomic E-state index is 0.0110. The van der Waals surface area contributed by atoms with E-state index in [4.69, 9.17) is 4.74 Å². The summed E-state index contributed by atoms with van der Waals surface area (Å²) in [6.07, 6.45) is 3.32. The Hall–Kier alpha value is -1.88. The number of piperidine rings is 1. The second-order valence-corrected chi connectivity index (χ2v) is 8.02. The number of nitrogens with zero attached hydrogens (tertiary/aromatic N) is 2. The normalized spacial score (nSPS) is 24.7. The Balaban J connectivity index is 1.58. The van der Waals surface area contributed by atoms with Crippen molar-refractivity contribution in [2.45, 2.75) is 39.5 Å². The van der Waals surface area contributed by atoms with Gasteiger partial charge in [0.05, 0.1) is 6.61 Å². The molecule has 0 aliphatic carbocycles. The van der Waals surface area contributed by atoms with Gasteiger partial charge in [-0.3, -0.25) is 9.59 Å². The average Bonchev–Trinajstić information content (AvgIpc) is 3.06. The van der Waals surface area contributed by atoms with E-state index < -0.39 is 0 Å².